The molecule has 0 aromatic carbocycles. The molecule has 0 unspecified atom stereocenters. The van der Waals surface area contributed by atoms with Crippen LogP contribution in [0.25, 0.3) is 0 Å². The molecule has 2 fully saturated rings. The fourth-order valence-corrected chi connectivity index (χ4v) is 4.41. The van der Waals surface area contributed by atoms with E-state index in [0.717, 1.165) is 17.9 Å². The summed E-state index contributed by atoms with van der Waals surface area (Å²) >= 11 is 0. The normalized spacial score (nSPS) is 27.2. The van der Waals surface area contributed by atoms with Gasteiger partial charge in [-0.15, -0.1) is 0 Å². The number of piperidine rings is 1. The fraction of sp³-hybridized carbons (Fsp3) is 1.00. The van der Waals surface area contributed by atoms with E-state index in [2.05, 4.69) is 32.6 Å². The average molecular weight is 237 g/mol. The molecule has 2 aliphatic rings. The third-order valence-corrected chi connectivity index (χ3v) is 5.78. The standard InChI is InChI=1S/C16H31N/c1-13(2)16(15-7-5-6-8-15)9-11-17(12-10-16)14(3)4/h13-15H,5-12H2,1-4H3. The summed E-state index contributed by atoms with van der Waals surface area (Å²) in [5, 5.41) is 0. The summed E-state index contributed by atoms with van der Waals surface area (Å²) in [6.45, 7) is 12.3. The van der Waals surface area contributed by atoms with Gasteiger partial charge in [0, 0.05) is 6.04 Å². The summed E-state index contributed by atoms with van der Waals surface area (Å²) in [6, 6.07) is 0.740. The second-order valence-corrected chi connectivity index (χ2v) is 7.00. The molecule has 1 aliphatic heterocycles. The zero-order valence-corrected chi connectivity index (χ0v) is 12.3. The maximum Gasteiger partial charge on any atom is 0.00385 e. The van der Waals surface area contributed by atoms with Crippen LogP contribution in [-0.4, -0.2) is 24.0 Å². The first-order chi connectivity index (χ1) is 8.06. The fourth-order valence-electron chi connectivity index (χ4n) is 4.41. The topological polar surface area (TPSA) is 3.24 Å². The maximum atomic E-state index is 2.68. The van der Waals surface area contributed by atoms with Gasteiger partial charge in [0.25, 0.3) is 0 Å². The van der Waals surface area contributed by atoms with Crippen LogP contribution in [0.4, 0.5) is 0 Å². The van der Waals surface area contributed by atoms with Crippen LogP contribution in [0.3, 0.4) is 0 Å². The van der Waals surface area contributed by atoms with E-state index in [1.54, 1.807) is 0 Å². The van der Waals surface area contributed by atoms with E-state index in [1.165, 1.54) is 51.6 Å². The molecule has 0 radical (unpaired) electrons. The lowest BCUT2D eigenvalue weighted by molar-refractivity contribution is -0.00142. The zero-order valence-electron chi connectivity index (χ0n) is 12.3. The van der Waals surface area contributed by atoms with Gasteiger partial charge in [-0.1, -0.05) is 26.7 Å². The van der Waals surface area contributed by atoms with E-state index in [9.17, 15) is 0 Å². The monoisotopic (exact) mass is 237 g/mol. The number of nitrogens with zero attached hydrogens (tertiary/aromatic N) is 1. The van der Waals surface area contributed by atoms with Crippen molar-refractivity contribution in [2.24, 2.45) is 17.3 Å². The predicted molar refractivity (Wildman–Crippen MR) is 75.2 cm³/mol. The van der Waals surface area contributed by atoms with Gasteiger partial charge in [-0.25, -0.2) is 0 Å². The number of hydrogen-bond donors (Lipinski definition) is 0. The average Bonchev–Trinajstić information content (AvgIpc) is 2.82. The van der Waals surface area contributed by atoms with Gasteiger partial charge in [0.15, 0.2) is 0 Å². The van der Waals surface area contributed by atoms with Crippen molar-refractivity contribution in [2.45, 2.75) is 72.3 Å². The maximum absolute atomic E-state index is 2.68. The molecular weight excluding hydrogens is 206 g/mol. The van der Waals surface area contributed by atoms with Crippen molar-refractivity contribution in [1.82, 2.24) is 4.90 Å². The Balaban J connectivity index is 2.04. The molecule has 1 saturated heterocycles. The lowest BCUT2D eigenvalue weighted by Gasteiger charge is -2.49. The van der Waals surface area contributed by atoms with Crippen LogP contribution >= 0.6 is 0 Å². The van der Waals surface area contributed by atoms with E-state index < -0.39 is 0 Å². The summed E-state index contributed by atoms with van der Waals surface area (Å²) in [5.41, 5.74) is 0.682. The first-order valence-electron chi connectivity index (χ1n) is 7.80. The second kappa shape index (κ2) is 5.30. The Bertz CT molecular complexity index is 230. The Labute approximate surface area is 108 Å². The second-order valence-electron chi connectivity index (χ2n) is 7.00. The van der Waals surface area contributed by atoms with Crippen molar-refractivity contribution in [1.29, 1.82) is 0 Å². The molecule has 0 N–H and O–H groups in total. The van der Waals surface area contributed by atoms with Crippen molar-refractivity contribution in [2.75, 3.05) is 13.1 Å². The minimum absolute atomic E-state index is 0.682. The molecule has 1 saturated carbocycles. The molecule has 17 heavy (non-hydrogen) atoms. The molecule has 0 aromatic rings. The SMILES string of the molecule is CC(C)N1CCC(C(C)C)(C2CCCC2)CC1. The Morgan fingerprint density at radius 3 is 1.88 bits per heavy atom. The molecule has 100 valence electrons. The van der Waals surface area contributed by atoms with Gasteiger partial charge in [0.1, 0.15) is 0 Å². The molecule has 1 heteroatoms. The van der Waals surface area contributed by atoms with Crippen LogP contribution in [0, 0.1) is 17.3 Å². The van der Waals surface area contributed by atoms with Crippen LogP contribution in [0.2, 0.25) is 0 Å². The highest BCUT2D eigenvalue weighted by molar-refractivity contribution is 4.95. The van der Waals surface area contributed by atoms with Crippen molar-refractivity contribution < 1.29 is 0 Å². The van der Waals surface area contributed by atoms with Gasteiger partial charge in [-0.2, -0.15) is 0 Å². The smallest absolute Gasteiger partial charge is 0.00385 e. The van der Waals surface area contributed by atoms with Crippen LogP contribution in [0.5, 0.6) is 0 Å². The molecule has 0 atom stereocenters. The Kier molecular flexibility index (Phi) is 4.18. The largest absolute Gasteiger partial charge is 0.301 e. The molecule has 0 spiro atoms. The van der Waals surface area contributed by atoms with Gasteiger partial charge >= 0.3 is 0 Å². The highest BCUT2D eigenvalue weighted by Crippen LogP contribution is 2.51. The van der Waals surface area contributed by atoms with Crippen LogP contribution in [0.15, 0.2) is 0 Å². The molecule has 0 amide bonds. The molecule has 0 aromatic heterocycles. The number of rotatable bonds is 3. The molecular formula is C16H31N. The van der Waals surface area contributed by atoms with Gasteiger partial charge in [0.05, 0.1) is 0 Å². The van der Waals surface area contributed by atoms with E-state index in [-0.39, 0.29) is 0 Å². The van der Waals surface area contributed by atoms with E-state index >= 15 is 0 Å². The summed E-state index contributed by atoms with van der Waals surface area (Å²) in [7, 11) is 0. The van der Waals surface area contributed by atoms with Crippen molar-refractivity contribution >= 4 is 0 Å². The number of likely N-dealkylation sites (tertiary alicyclic amines) is 1. The Hall–Kier alpha value is -0.0400. The molecule has 1 aliphatic carbocycles. The first kappa shape index (κ1) is 13.4. The van der Waals surface area contributed by atoms with E-state index in [0.29, 0.717) is 5.41 Å². The lowest BCUT2D eigenvalue weighted by atomic mass is 9.61. The highest BCUT2D eigenvalue weighted by atomic mass is 15.2. The first-order valence-corrected chi connectivity index (χ1v) is 7.80. The zero-order chi connectivity index (χ0) is 12.5. The molecule has 1 heterocycles. The van der Waals surface area contributed by atoms with Crippen molar-refractivity contribution in [3.8, 4) is 0 Å². The Morgan fingerprint density at radius 2 is 1.47 bits per heavy atom. The van der Waals surface area contributed by atoms with Gasteiger partial charge in [-0.05, 0) is 69.9 Å². The van der Waals surface area contributed by atoms with Crippen LogP contribution in [-0.2, 0) is 0 Å². The third kappa shape index (κ3) is 2.54. The summed E-state index contributed by atoms with van der Waals surface area (Å²) in [5.74, 6) is 1.91. The molecule has 1 nitrogen and oxygen atoms in total. The van der Waals surface area contributed by atoms with Crippen molar-refractivity contribution in [3.05, 3.63) is 0 Å². The van der Waals surface area contributed by atoms with E-state index in [1.807, 2.05) is 0 Å². The highest BCUT2D eigenvalue weighted by Gasteiger charge is 2.44. The minimum Gasteiger partial charge on any atom is -0.301 e. The Morgan fingerprint density at radius 1 is 0.941 bits per heavy atom. The van der Waals surface area contributed by atoms with Crippen LogP contribution < -0.4 is 0 Å². The van der Waals surface area contributed by atoms with Gasteiger partial charge < -0.3 is 4.90 Å². The third-order valence-electron chi connectivity index (χ3n) is 5.78. The molecule has 0 bridgehead atoms. The predicted octanol–water partition coefficient (Wildman–Crippen LogP) is 4.32. The van der Waals surface area contributed by atoms with Crippen molar-refractivity contribution in [3.63, 3.8) is 0 Å². The van der Waals surface area contributed by atoms with Gasteiger partial charge in [-0.3, -0.25) is 0 Å². The number of hydrogen-bond acceptors (Lipinski definition) is 1. The summed E-state index contributed by atoms with van der Waals surface area (Å²) in [4.78, 5) is 2.68. The lowest BCUT2D eigenvalue weighted by Crippen LogP contribution is -2.48. The minimum atomic E-state index is 0.682. The van der Waals surface area contributed by atoms with E-state index in [4.69, 9.17) is 0 Å². The summed E-state index contributed by atoms with van der Waals surface area (Å²) < 4.78 is 0. The quantitative estimate of drug-likeness (QED) is 0.706. The van der Waals surface area contributed by atoms with Crippen LogP contribution in [0.1, 0.15) is 66.2 Å². The summed E-state index contributed by atoms with van der Waals surface area (Å²) in [6.07, 6.45) is 8.92. The molecule has 2 rings (SSSR count). The van der Waals surface area contributed by atoms with Gasteiger partial charge in [0.2, 0.25) is 0 Å².